The van der Waals surface area contributed by atoms with E-state index < -0.39 is 28.8 Å². The third-order valence-electron chi connectivity index (χ3n) is 5.74. The zero-order valence-electron chi connectivity index (χ0n) is 17.1. The Morgan fingerprint density at radius 1 is 0.724 bits per heavy atom. The van der Waals surface area contributed by atoms with Crippen molar-refractivity contribution in [1.82, 2.24) is 19.6 Å². The lowest BCUT2D eigenvalue weighted by atomic mass is 9.99. The summed E-state index contributed by atoms with van der Waals surface area (Å²) in [6.07, 6.45) is 0. The second kappa shape index (κ2) is 9.08. The van der Waals surface area contributed by atoms with E-state index in [2.05, 4.69) is 9.80 Å². The number of aromatic hydroxyl groups is 3. The van der Waals surface area contributed by atoms with Gasteiger partial charge in [0, 0.05) is 58.4 Å². The zero-order chi connectivity index (χ0) is 21.1. The van der Waals surface area contributed by atoms with Gasteiger partial charge in [-0.25, -0.2) is 0 Å². The number of Topliss-reactive ketones (excluding diaryl/α,β-unsaturated/α-hetero) is 2. The normalized spacial score (nSPS) is 20.1. The number of rotatable bonds is 6. The van der Waals surface area contributed by atoms with Crippen LogP contribution in [0, 0.1) is 0 Å². The minimum atomic E-state index is -0.638. The van der Waals surface area contributed by atoms with E-state index in [-0.39, 0.29) is 24.2 Å². The Balaban J connectivity index is 1.76. The molecule has 0 aliphatic carbocycles. The van der Waals surface area contributed by atoms with Crippen LogP contribution < -0.4 is 0 Å². The fraction of sp³-hybridized carbons (Fsp3) is 0.600. The Kier molecular flexibility index (Phi) is 6.74. The number of ketones is 2. The van der Waals surface area contributed by atoms with Gasteiger partial charge in [-0.05, 0) is 14.1 Å². The molecule has 9 nitrogen and oxygen atoms in total. The Bertz CT molecular complexity index is 708. The maximum atomic E-state index is 12.8. The summed E-state index contributed by atoms with van der Waals surface area (Å²) in [5.41, 5.74) is -0.605. The summed E-state index contributed by atoms with van der Waals surface area (Å²) in [6.45, 7) is 6.20. The van der Waals surface area contributed by atoms with Crippen LogP contribution in [0.4, 0.5) is 0 Å². The number of carbonyl (C=O) groups excluding carboxylic acids is 2. The molecule has 0 saturated carbocycles. The summed E-state index contributed by atoms with van der Waals surface area (Å²) < 4.78 is 0. The Morgan fingerprint density at radius 3 is 1.41 bits per heavy atom. The zero-order valence-corrected chi connectivity index (χ0v) is 17.1. The molecule has 0 spiro atoms. The largest absolute Gasteiger partial charge is 0.507 e. The molecule has 0 atom stereocenters. The highest BCUT2D eigenvalue weighted by Crippen LogP contribution is 2.38. The van der Waals surface area contributed by atoms with E-state index in [4.69, 9.17) is 0 Å². The summed E-state index contributed by atoms with van der Waals surface area (Å²) in [7, 11) is 4.02. The molecule has 160 valence electrons. The van der Waals surface area contributed by atoms with Crippen molar-refractivity contribution < 1.29 is 24.9 Å². The number of phenols is 3. The van der Waals surface area contributed by atoms with Crippen molar-refractivity contribution in [3.63, 3.8) is 0 Å². The lowest BCUT2D eigenvalue weighted by Crippen LogP contribution is -2.46. The first-order chi connectivity index (χ1) is 13.8. The van der Waals surface area contributed by atoms with Crippen molar-refractivity contribution in [2.45, 2.75) is 0 Å². The Hall–Kier alpha value is -2.20. The summed E-state index contributed by atoms with van der Waals surface area (Å²) in [4.78, 5) is 33.7. The summed E-state index contributed by atoms with van der Waals surface area (Å²) in [5, 5.41) is 31.0. The van der Waals surface area contributed by atoms with Gasteiger partial charge in [-0.1, -0.05) is 0 Å². The third-order valence-corrected chi connectivity index (χ3v) is 5.74. The second-order valence-corrected chi connectivity index (χ2v) is 8.02. The topological polar surface area (TPSA) is 108 Å². The monoisotopic (exact) mass is 406 g/mol. The molecular weight excluding hydrogens is 376 g/mol. The average Bonchev–Trinajstić information content (AvgIpc) is 2.65. The molecule has 0 bridgehead atoms. The van der Waals surface area contributed by atoms with Crippen LogP contribution in [-0.4, -0.2) is 126 Å². The van der Waals surface area contributed by atoms with E-state index in [0.717, 1.165) is 32.2 Å². The molecule has 2 heterocycles. The van der Waals surface area contributed by atoms with E-state index in [1.807, 2.05) is 23.9 Å². The molecule has 0 unspecified atom stereocenters. The van der Waals surface area contributed by atoms with Gasteiger partial charge < -0.3 is 25.1 Å². The SMILES string of the molecule is CN1CCN(CC(=O)c2c(O)cc(O)c(C(=O)CN3CCN(C)CC3)c2O)CC1. The molecule has 1 aromatic rings. The molecule has 1 aromatic carbocycles. The number of nitrogens with zero attached hydrogens (tertiary/aromatic N) is 4. The van der Waals surface area contributed by atoms with Crippen LogP contribution in [0.25, 0.3) is 0 Å². The molecule has 2 fully saturated rings. The van der Waals surface area contributed by atoms with E-state index in [1.54, 1.807) is 0 Å². The number of benzene rings is 1. The van der Waals surface area contributed by atoms with Crippen LogP contribution in [-0.2, 0) is 0 Å². The van der Waals surface area contributed by atoms with Crippen molar-refractivity contribution >= 4 is 11.6 Å². The van der Waals surface area contributed by atoms with Crippen LogP contribution in [0.5, 0.6) is 17.2 Å². The van der Waals surface area contributed by atoms with Gasteiger partial charge in [0.05, 0.1) is 13.1 Å². The molecule has 3 rings (SSSR count). The molecule has 2 saturated heterocycles. The maximum Gasteiger partial charge on any atom is 0.184 e. The van der Waals surface area contributed by atoms with Crippen molar-refractivity contribution in [3.05, 3.63) is 17.2 Å². The van der Waals surface area contributed by atoms with Crippen LogP contribution >= 0.6 is 0 Å². The lowest BCUT2D eigenvalue weighted by molar-refractivity contribution is 0.0867. The first-order valence-electron chi connectivity index (χ1n) is 9.92. The Morgan fingerprint density at radius 2 is 1.07 bits per heavy atom. The predicted octanol–water partition coefficient (Wildman–Crippen LogP) is -0.336. The van der Waals surface area contributed by atoms with Crippen LogP contribution in [0.1, 0.15) is 20.7 Å². The van der Waals surface area contributed by atoms with Gasteiger partial charge >= 0.3 is 0 Å². The first kappa shape index (κ1) is 21.5. The summed E-state index contributed by atoms with van der Waals surface area (Å²) in [5.74, 6) is -2.62. The summed E-state index contributed by atoms with van der Waals surface area (Å²) >= 11 is 0. The van der Waals surface area contributed by atoms with Gasteiger partial charge in [0.2, 0.25) is 0 Å². The smallest absolute Gasteiger partial charge is 0.184 e. The van der Waals surface area contributed by atoms with Crippen molar-refractivity contribution in [2.24, 2.45) is 0 Å². The first-order valence-corrected chi connectivity index (χ1v) is 9.92. The highest BCUT2D eigenvalue weighted by atomic mass is 16.3. The van der Waals surface area contributed by atoms with Crippen molar-refractivity contribution in [2.75, 3.05) is 79.5 Å². The molecule has 2 aliphatic heterocycles. The number of carbonyl (C=O) groups is 2. The number of likely N-dealkylation sites (N-methyl/N-ethyl adjacent to an activating group) is 2. The number of hydrogen-bond donors (Lipinski definition) is 3. The van der Waals surface area contributed by atoms with Crippen LogP contribution in [0.2, 0.25) is 0 Å². The van der Waals surface area contributed by atoms with Gasteiger partial charge in [0.15, 0.2) is 11.6 Å². The minimum Gasteiger partial charge on any atom is -0.507 e. The molecule has 0 aromatic heterocycles. The third kappa shape index (κ3) is 5.05. The standard InChI is InChI=1S/C20H30N4O5/c1-21-3-7-23(8-4-21)12-16(27)18-14(25)11-15(26)19(20(18)29)17(28)13-24-9-5-22(2)6-10-24/h11,25-26,29H,3-10,12-13H2,1-2H3. The second-order valence-electron chi connectivity index (χ2n) is 8.02. The maximum absolute atomic E-state index is 12.8. The molecule has 0 radical (unpaired) electrons. The van der Waals surface area contributed by atoms with Gasteiger partial charge in [-0.2, -0.15) is 0 Å². The van der Waals surface area contributed by atoms with Crippen molar-refractivity contribution in [3.8, 4) is 17.2 Å². The van der Waals surface area contributed by atoms with Crippen LogP contribution in [0.3, 0.4) is 0 Å². The van der Waals surface area contributed by atoms with Gasteiger partial charge in [-0.3, -0.25) is 19.4 Å². The number of piperazine rings is 2. The fourth-order valence-electron chi connectivity index (χ4n) is 3.77. The summed E-state index contributed by atoms with van der Waals surface area (Å²) in [6, 6.07) is 0.966. The van der Waals surface area contributed by atoms with Crippen molar-refractivity contribution in [1.29, 1.82) is 0 Å². The van der Waals surface area contributed by atoms with E-state index in [9.17, 15) is 24.9 Å². The quantitative estimate of drug-likeness (QED) is 0.547. The number of phenolic OH excluding ortho intramolecular Hbond substituents is 3. The molecule has 9 heteroatoms. The van der Waals surface area contributed by atoms with E-state index >= 15 is 0 Å². The van der Waals surface area contributed by atoms with Gasteiger partial charge in [0.1, 0.15) is 28.4 Å². The number of hydrogen-bond acceptors (Lipinski definition) is 9. The lowest BCUT2D eigenvalue weighted by Gasteiger charge is -2.32. The highest BCUT2D eigenvalue weighted by Gasteiger charge is 2.29. The average molecular weight is 406 g/mol. The van der Waals surface area contributed by atoms with E-state index in [1.165, 1.54) is 0 Å². The van der Waals surface area contributed by atoms with E-state index in [0.29, 0.717) is 26.2 Å². The Labute approximate surface area is 170 Å². The predicted molar refractivity (Wildman–Crippen MR) is 108 cm³/mol. The molecule has 3 N–H and O–H groups in total. The molecule has 0 amide bonds. The minimum absolute atomic E-state index is 0.0336. The highest BCUT2D eigenvalue weighted by molar-refractivity contribution is 6.09. The molecular formula is C20H30N4O5. The van der Waals surface area contributed by atoms with Gasteiger partial charge in [-0.15, -0.1) is 0 Å². The van der Waals surface area contributed by atoms with Gasteiger partial charge in [0.25, 0.3) is 0 Å². The fourth-order valence-corrected chi connectivity index (χ4v) is 3.77. The molecule has 2 aliphatic rings. The molecule has 29 heavy (non-hydrogen) atoms. The van der Waals surface area contributed by atoms with Crippen LogP contribution in [0.15, 0.2) is 6.07 Å².